The highest BCUT2D eigenvalue weighted by Crippen LogP contribution is 2.28. The first kappa shape index (κ1) is 20.0. The molecule has 2 aromatic rings. The summed E-state index contributed by atoms with van der Waals surface area (Å²) in [5.74, 6) is 1.23. The number of aryl methyl sites for hydroxylation is 1. The van der Waals surface area contributed by atoms with Gasteiger partial charge in [-0.15, -0.1) is 0 Å². The Hall–Kier alpha value is -2.79. The Morgan fingerprint density at radius 2 is 1.93 bits per heavy atom. The van der Waals surface area contributed by atoms with Crippen LogP contribution in [0.4, 0.5) is 5.69 Å². The van der Waals surface area contributed by atoms with Gasteiger partial charge in [0.25, 0.3) is 0 Å². The van der Waals surface area contributed by atoms with Gasteiger partial charge in [0.15, 0.2) is 11.5 Å². The van der Waals surface area contributed by atoms with Gasteiger partial charge >= 0.3 is 0 Å². The van der Waals surface area contributed by atoms with E-state index in [-0.39, 0.29) is 5.91 Å². The topological polar surface area (TPSA) is 50.8 Å². The number of anilines is 1. The molecule has 1 N–H and O–H groups in total. The zero-order valence-electron chi connectivity index (χ0n) is 16.6. The Labute approximate surface area is 167 Å². The molecule has 0 saturated carbocycles. The van der Waals surface area contributed by atoms with Crippen molar-refractivity contribution in [1.29, 1.82) is 0 Å². The highest BCUT2D eigenvalue weighted by Gasteiger charge is 2.12. The van der Waals surface area contributed by atoms with Gasteiger partial charge in [0, 0.05) is 18.3 Å². The Balaban J connectivity index is 1.57. The Morgan fingerprint density at radius 3 is 2.68 bits per heavy atom. The van der Waals surface area contributed by atoms with Gasteiger partial charge in [-0.2, -0.15) is 0 Å². The fraction of sp³-hybridized carbons (Fsp3) is 0.348. The molecule has 1 heterocycles. The molecule has 0 unspecified atom stereocenters. The SMILES string of the molecule is COc1cc(/C=C/C(=O)Nc2ccccc2C)ccc1OCCN1CCCC1. The summed E-state index contributed by atoms with van der Waals surface area (Å²) in [6, 6.07) is 13.4. The molecule has 0 atom stereocenters. The maximum atomic E-state index is 12.2. The standard InChI is InChI=1S/C23H28N2O3/c1-18-7-3-4-8-20(18)24-23(26)12-10-19-9-11-21(22(17-19)27-2)28-16-15-25-13-5-6-14-25/h3-4,7-12,17H,5-6,13-16H2,1-2H3,(H,24,26)/b12-10+. The molecule has 5 heteroatoms. The molecule has 0 spiro atoms. The van der Waals surface area contributed by atoms with Gasteiger partial charge < -0.3 is 14.8 Å². The molecule has 1 aliphatic heterocycles. The molecule has 1 amide bonds. The van der Waals surface area contributed by atoms with E-state index in [2.05, 4.69) is 10.2 Å². The summed E-state index contributed by atoms with van der Waals surface area (Å²) in [4.78, 5) is 14.6. The van der Waals surface area contributed by atoms with Crippen molar-refractivity contribution in [2.45, 2.75) is 19.8 Å². The summed E-state index contributed by atoms with van der Waals surface area (Å²) >= 11 is 0. The van der Waals surface area contributed by atoms with Gasteiger partial charge in [0.1, 0.15) is 6.61 Å². The van der Waals surface area contributed by atoms with Crippen molar-refractivity contribution in [3.63, 3.8) is 0 Å². The average molecular weight is 380 g/mol. The molecule has 0 aliphatic carbocycles. The summed E-state index contributed by atoms with van der Waals surface area (Å²) in [7, 11) is 1.63. The highest BCUT2D eigenvalue weighted by atomic mass is 16.5. The zero-order chi connectivity index (χ0) is 19.8. The maximum absolute atomic E-state index is 12.2. The van der Waals surface area contributed by atoms with E-state index in [1.165, 1.54) is 18.9 Å². The van der Waals surface area contributed by atoms with E-state index in [1.54, 1.807) is 13.2 Å². The second kappa shape index (κ2) is 9.95. The second-order valence-corrected chi connectivity index (χ2v) is 6.95. The predicted molar refractivity (Wildman–Crippen MR) is 113 cm³/mol. The molecule has 1 aliphatic rings. The molecule has 0 radical (unpaired) electrons. The lowest BCUT2D eigenvalue weighted by molar-refractivity contribution is -0.111. The fourth-order valence-corrected chi connectivity index (χ4v) is 3.26. The summed E-state index contributed by atoms with van der Waals surface area (Å²) in [6.45, 7) is 5.87. The number of benzene rings is 2. The van der Waals surface area contributed by atoms with Crippen LogP contribution in [0.15, 0.2) is 48.5 Å². The van der Waals surface area contributed by atoms with Crippen LogP contribution in [0, 0.1) is 6.92 Å². The van der Waals surface area contributed by atoms with Crippen molar-refractivity contribution < 1.29 is 14.3 Å². The third kappa shape index (κ3) is 5.60. The van der Waals surface area contributed by atoms with Gasteiger partial charge in [-0.1, -0.05) is 24.3 Å². The van der Waals surface area contributed by atoms with Crippen LogP contribution in [0.1, 0.15) is 24.0 Å². The largest absolute Gasteiger partial charge is 0.493 e. The van der Waals surface area contributed by atoms with Crippen molar-refractivity contribution in [3.05, 3.63) is 59.7 Å². The minimum absolute atomic E-state index is 0.167. The molecular formula is C23H28N2O3. The molecule has 1 saturated heterocycles. The Kier molecular flexibility index (Phi) is 7.09. The Bertz CT molecular complexity index is 826. The van der Waals surface area contributed by atoms with Crippen LogP contribution < -0.4 is 14.8 Å². The number of methoxy groups -OCH3 is 1. The number of nitrogens with one attached hydrogen (secondary N) is 1. The molecule has 5 nitrogen and oxygen atoms in total. The number of ether oxygens (including phenoxy) is 2. The van der Waals surface area contributed by atoms with Gasteiger partial charge in [-0.25, -0.2) is 0 Å². The van der Waals surface area contributed by atoms with E-state index in [0.717, 1.165) is 42.2 Å². The van der Waals surface area contributed by atoms with Crippen LogP contribution >= 0.6 is 0 Å². The van der Waals surface area contributed by atoms with Crippen molar-refractivity contribution in [1.82, 2.24) is 4.90 Å². The number of hydrogen-bond acceptors (Lipinski definition) is 4. The van der Waals surface area contributed by atoms with Crippen molar-refractivity contribution in [2.75, 3.05) is 38.7 Å². The van der Waals surface area contributed by atoms with Crippen molar-refractivity contribution in [2.24, 2.45) is 0 Å². The molecular weight excluding hydrogens is 352 g/mol. The number of likely N-dealkylation sites (tertiary alicyclic amines) is 1. The summed E-state index contributed by atoms with van der Waals surface area (Å²) < 4.78 is 11.3. The van der Waals surface area contributed by atoms with E-state index >= 15 is 0 Å². The molecule has 0 aromatic heterocycles. The van der Waals surface area contributed by atoms with E-state index in [4.69, 9.17) is 9.47 Å². The van der Waals surface area contributed by atoms with Crippen LogP contribution in [-0.2, 0) is 4.79 Å². The van der Waals surface area contributed by atoms with Gasteiger partial charge in [-0.3, -0.25) is 9.69 Å². The van der Waals surface area contributed by atoms with Crippen LogP contribution in [0.3, 0.4) is 0 Å². The van der Waals surface area contributed by atoms with Crippen LogP contribution in [0.25, 0.3) is 6.08 Å². The Morgan fingerprint density at radius 1 is 1.14 bits per heavy atom. The van der Waals surface area contributed by atoms with Crippen LogP contribution in [0.5, 0.6) is 11.5 Å². The lowest BCUT2D eigenvalue weighted by Crippen LogP contribution is -2.25. The number of carbonyl (C=O) groups excluding carboxylic acids is 1. The van der Waals surface area contributed by atoms with Crippen LogP contribution in [-0.4, -0.2) is 44.2 Å². The molecule has 2 aromatic carbocycles. The van der Waals surface area contributed by atoms with E-state index < -0.39 is 0 Å². The molecule has 148 valence electrons. The maximum Gasteiger partial charge on any atom is 0.248 e. The number of hydrogen-bond donors (Lipinski definition) is 1. The first-order valence-electron chi connectivity index (χ1n) is 9.73. The third-order valence-electron chi connectivity index (χ3n) is 4.88. The summed E-state index contributed by atoms with van der Waals surface area (Å²) in [6.07, 6.45) is 5.85. The fourth-order valence-electron chi connectivity index (χ4n) is 3.26. The van der Waals surface area contributed by atoms with E-state index in [1.807, 2.05) is 49.4 Å². The first-order chi connectivity index (χ1) is 13.7. The number of para-hydroxylation sites is 1. The molecule has 0 bridgehead atoms. The minimum Gasteiger partial charge on any atom is -0.493 e. The lowest BCUT2D eigenvalue weighted by atomic mass is 10.1. The second-order valence-electron chi connectivity index (χ2n) is 6.95. The number of nitrogens with zero attached hydrogens (tertiary/aromatic N) is 1. The molecule has 1 fully saturated rings. The third-order valence-corrected chi connectivity index (χ3v) is 4.88. The first-order valence-corrected chi connectivity index (χ1v) is 9.73. The van der Waals surface area contributed by atoms with Gasteiger partial charge in [-0.05, 0) is 68.3 Å². The highest BCUT2D eigenvalue weighted by molar-refractivity contribution is 6.02. The normalized spacial score (nSPS) is 14.4. The lowest BCUT2D eigenvalue weighted by Gasteiger charge is -2.16. The number of carbonyl (C=O) groups is 1. The quantitative estimate of drug-likeness (QED) is 0.700. The predicted octanol–water partition coefficient (Wildman–Crippen LogP) is 4.13. The number of rotatable bonds is 8. The zero-order valence-corrected chi connectivity index (χ0v) is 16.6. The van der Waals surface area contributed by atoms with E-state index in [0.29, 0.717) is 12.4 Å². The molecule has 28 heavy (non-hydrogen) atoms. The van der Waals surface area contributed by atoms with Crippen molar-refractivity contribution in [3.8, 4) is 11.5 Å². The van der Waals surface area contributed by atoms with E-state index in [9.17, 15) is 4.79 Å². The smallest absolute Gasteiger partial charge is 0.248 e. The molecule has 3 rings (SSSR count). The van der Waals surface area contributed by atoms with Crippen molar-refractivity contribution >= 4 is 17.7 Å². The number of amides is 1. The van der Waals surface area contributed by atoms with Gasteiger partial charge in [0.05, 0.1) is 7.11 Å². The van der Waals surface area contributed by atoms with Gasteiger partial charge in [0.2, 0.25) is 5.91 Å². The average Bonchev–Trinajstić information content (AvgIpc) is 3.22. The monoisotopic (exact) mass is 380 g/mol. The summed E-state index contributed by atoms with van der Waals surface area (Å²) in [5.41, 5.74) is 2.72. The van der Waals surface area contributed by atoms with Crippen LogP contribution in [0.2, 0.25) is 0 Å². The minimum atomic E-state index is -0.167. The summed E-state index contributed by atoms with van der Waals surface area (Å²) in [5, 5.41) is 2.89.